The summed E-state index contributed by atoms with van der Waals surface area (Å²) in [7, 11) is 1.86. The van der Waals surface area contributed by atoms with Crippen LogP contribution >= 0.6 is 11.8 Å². The lowest BCUT2D eigenvalue weighted by Gasteiger charge is -2.13. The van der Waals surface area contributed by atoms with E-state index in [2.05, 4.69) is 15.5 Å². The summed E-state index contributed by atoms with van der Waals surface area (Å²) in [5, 5.41) is 13.4. The maximum atomic E-state index is 12.4. The second-order valence-corrected chi connectivity index (χ2v) is 6.31. The molecule has 1 unspecified atom stereocenters. The quantitative estimate of drug-likeness (QED) is 0.752. The van der Waals surface area contributed by atoms with Gasteiger partial charge in [0.05, 0.1) is 5.25 Å². The van der Waals surface area contributed by atoms with E-state index in [0.29, 0.717) is 0 Å². The molecule has 6 heteroatoms. The summed E-state index contributed by atoms with van der Waals surface area (Å²) in [6.45, 7) is 1.86. The van der Waals surface area contributed by atoms with Crippen molar-refractivity contribution >= 4 is 34.1 Å². The van der Waals surface area contributed by atoms with E-state index in [0.717, 1.165) is 21.6 Å². The Hall–Kier alpha value is -2.34. The average Bonchev–Trinajstić information content (AvgIpc) is 2.93. The van der Waals surface area contributed by atoms with Crippen molar-refractivity contribution < 1.29 is 4.79 Å². The van der Waals surface area contributed by atoms with Crippen molar-refractivity contribution in [2.45, 2.75) is 17.3 Å². The zero-order valence-corrected chi connectivity index (χ0v) is 13.2. The number of aryl methyl sites for hydroxylation is 1. The molecule has 3 aromatic rings. The molecule has 0 aliphatic carbocycles. The number of hydrogen-bond acceptors (Lipinski definition) is 4. The van der Waals surface area contributed by atoms with Gasteiger partial charge >= 0.3 is 0 Å². The van der Waals surface area contributed by atoms with Crippen LogP contribution in [-0.4, -0.2) is 25.9 Å². The number of carbonyl (C=O) groups excluding carboxylic acids is 1. The molecule has 112 valence electrons. The van der Waals surface area contributed by atoms with Crippen LogP contribution < -0.4 is 5.32 Å². The van der Waals surface area contributed by atoms with E-state index in [4.69, 9.17) is 0 Å². The molecule has 1 heterocycles. The van der Waals surface area contributed by atoms with Crippen LogP contribution in [0.1, 0.15) is 6.92 Å². The fraction of sp³-hybridized carbons (Fsp3) is 0.188. The van der Waals surface area contributed by atoms with Crippen molar-refractivity contribution in [3.8, 4) is 0 Å². The van der Waals surface area contributed by atoms with E-state index in [1.165, 1.54) is 11.8 Å². The van der Waals surface area contributed by atoms with E-state index < -0.39 is 0 Å². The van der Waals surface area contributed by atoms with Gasteiger partial charge in [-0.2, -0.15) is 0 Å². The number of nitrogens with zero attached hydrogens (tertiary/aromatic N) is 3. The summed E-state index contributed by atoms with van der Waals surface area (Å²) in [6.07, 6.45) is 1.62. The van der Waals surface area contributed by atoms with Crippen LogP contribution in [0.2, 0.25) is 0 Å². The van der Waals surface area contributed by atoms with Gasteiger partial charge in [0.1, 0.15) is 6.33 Å². The molecule has 22 heavy (non-hydrogen) atoms. The molecule has 3 rings (SSSR count). The van der Waals surface area contributed by atoms with Crippen molar-refractivity contribution in [3.63, 3.8) is 0 Å². The molecule has 1 amide bonds. The van der Waals surface area contributed by atoms with Crippen molar-refractivity contribution in [1.29, 1.82) is 0 Å². The first-order chi connectivity index (χ1) is 10.6. The number of anilines is 1. The summed E-state index contributed by atoms with van der Waals surface area (Å²) < 4.78 is 1.80. The molecule has 0 bridgehead atoms. The topological polar surface area (TPSA) is 59.8 Å². The molecule has 0 fully saturated rings. The zero-order chi connectivity index (χ0) is 15.5. The number of fused-ring (bicyclic) bond motifs is 1. The third-order valence-corrected chi connectivity index (χ3v) is 4.52. The summed E-state index contributed by atoms with van der Waals surface area (Å²) >= 11 is 1.39. The third kappa shape index (κ3) is 2.96. The Kier molecular flexibility index (Phi) is 4.11. The SMILES string of the molecule is CC(Sc1nncn1C)C(=O)Nc1cccc2ccccc12. The number of aromatic nitrogens is 3. The minimum absolute atomic E-state index is 0.0515. The highest BCUT2D eigenvalue weighted by molar-refractivity contribution is 8.00. The standard InChI is InChI=1S/C16H16N4OS/c1-11(22-16-19-17-10-20(16)2)15(21)18-14-9-5-7-12-6-3-4-8-13(12)14/h3-11H,1-2H3,(H,18,21). The van der Waals surface area contributed by atoms with E-state index >= 15 is 0 Å². The second-order valence-electron chi connectivity index (χ2n) is 5.00. The predicted octanol–water partition coefficient (Wildman–Crippen LogP) is 3.09. The van der Waals surface area contributed by atoms with Crippen LogP contribution in [0.25, 0.3) is 10.8 Å². The monoisotopic (exact) mass is 312 g/mol. The molecule has 1 aromatic heterocycles. The van der Waals surface area contributed by atoms with Gasteiger partial charge in [-0.25, -0.2) is 0 Å². The largest absolute Gasteiger partial charge is 0.325 e. The lowest BCUT2D eigenvalue weighted by atomic mass is 10.1. The van der Waals surface area contributed by atoms with Crippen molar-refractivity contribution in [1.82, 2.24) is 14.8 Å². The summed E-state index contributed by atoms with van der Waals surface area (Å²) in [5.74, 6) is -0.0515. The Morgan fingerprint density at radius 1 is 1.23 bits per heavy atom. The van der Waals surface area contributed by atoms with Crippen molar-refractivity contribution in [2.75, 3.05) is 5.32 Å². The Labute approximate surface area is 132 Å². The van der Waals surface area contributed by atoms with Crippen LogP contribution in [0.3, 0.4) is 0 Å². The molecule has 0 saturated carbocycles. The second kappa shape index (κ2) is 6.19. The van der Waals surface area contributed by atoms with E-state index in [9.17, 15) is 4.79 Å². The average molecular weight is 312 g/mol. The maximum absolute atomic E-state index is 12.4. The Balaban J connectivity index is 1.77. The van der Waals surface area contributed by atoms with Crippen molar-refractivity contribution in [2.24, 2.45) is 7.05 Å². The van der Waals surface area contributed by atoms with Gasteiger partial charge in [0, 0.05) is 18.1 Å². The molecule has 2 aromatic carbocycles. The van der Waals surface area contributed by atoms with Crippen LogP contribution in [0, 0.1) is 0 Å². The first-order valence-corrected chi connectivity index (χ1v) is 7.82. The number of amides is 1. The minimum atomic E-state index is -0.262. The number of hydrogen-bond donors (Lipinski definition) is 1. The Bertz CT molecular complexity index is 809. The van der Waals surface area contributed by atoms with Gasteiger partial charge in [0.2, 0.25) is 5.91 Å². The van der Waals surface area contributed by atoms with Gasteiger partial charge in [-0.1, -0.05) is 48.2 Å². The number of benzene rings is 2. The minimum Gasteiger partial charge on any atom is -0.325 e. The first kappa shape index (κ1) is 14.6. The number of carbonyl (C=O) groups is 1. The smallest absolute Gasteiger partial charge is 0.237 e. The Morgan fingerprint density at radius 3 is 2.77 bits per heavy atom. The highest BCUT2D eigenvalue weighted by Crippen LogP contribution is 2.25. The summed E-state index contributed by atoms with van der Waals surface area (Å²) in [4.78, 5) is 12.4. The fourth-order valence-corrected chi connectivity index (χ4v) is 2.95. The molecule has 5 nitrogen and oxygen atoms in total. The fourth-order valence-electron chi connectivity index (χ4n) is 2.16. The molecule has 0 aliphatic rings. The third-order valence-electron chi connectivity index (χ3n) is 3.37. The molecular weight excluding hydrogens is 296 g/mol. The molecule has 0 aliphatic heterocycles. The lowest BCUT2D eigenvalue weighted by Crippen LogP contribution is -2.22. The molecular formula is C16H16N4OS. The van der Waals surface area contributed by atoms with Gasteiger partial charge in [-0.05, 0) is 18.4 Å². The number of rotatable bonds is 4. The zero-order valence-electron chi connectivity index (χ0n) is 12.4. The van der Waals surface area contributed by atoms with Gasteiger partial charge in [0.25, 0.3) is 0 Å². The summed E-state index contributed by atoms with van der Waals surface area (Å²) in [6, 6.07) is 13.9. The highest BCUT2D eigenvalue weighted by atomic mass is 32.2. The van der Waals surface area contributed by atoms with E-state index in [-0.39, 0.29) is 11.2 Å². The Morgan fingerprint density at radius 2 is 2.00 bits per heavy atom. The van der Waals surface area contributed by atoms with Crippen LogP contribution in [-0.2, 0) is 11.8 Å². The predicted molar refractivity (Wildman–Crippen MR) is 88.9 cm³/mol. The maximum Gasteiger partial charge on any atom is 0.237 e. The molecule has 0 saturated heterocycles. The van der Waals surface area contributed by atoms with E-state index in [1.54, 1.807) is 10.9 Å². The molecule has 1 N–H and O–H groups in total. The van der Waals surface area contributed by atoms with Crippen molar-refractivity contribution in [3.05, 3.63) is 48.8 Å². The van der Waals surface area contributed by atoms with Gasteiger partial charge in [-0.3, -0.25) is 4.79 Å². The number of nitrogens with one attached hydrogen (secondary N) is 1. The molecule has 0 spiro atoms. The first-order valence-electron chi connectivity index (χ1n) is 6.94. The van der Waals surface area contributed by atoms with E-state index in [1.807, 2.05) is 56.4 Å². The van der Waals surface area contributed by atoms with Gasteiger partial charge in [0.15, 0.2) is 5.16 Å². The van der Waals surface area contributed by atoms with Crippen LogP contribution in [0.5, 0.6) is 0 Å². The van der Waals surface area contributed by atoms with Gasteiger partial charge in [-0.15, -0.1) is 10.2 Å². The highest BCUT2D eigenvalue weighted by Gasteiger charge is 2.17. The summed E-state index contributed by atoms with van der Waals surface area (Å²) in [5.41, 5.74) is 0.827. The molecule has 1 atom stereocenters. The van der Waals surface area contributed by atoms with Crippen LogP contribution in [0.15, 0.2) is 53.9 Å². The number of thioether (sulfide) groups is 1. The lowest BCUT2D eigenvalue weighted by molar-refractivity contribution is -0.115. The van der Waals surface area contributed by atoms with Crippen LogP contribution in [0.4, 0.5) is 5.69 Å². The molecule has 0 radical (unpaired) electrons. The normalized spacial score (nSPS) is 12.3. The van der Waals surface area contributed by atoms with Gasteiger partial charge < -0.3 is 9.88 Å².